The predicted octanol–water partition coefficient (Wildman–Crippen LogP) is 3.40. The van der Waals surface area contributed by atoms with Crippen LogP contribution in [0.25, 0.3) is 0 Å². The van der Waals surface area contributed by atoms with E-state index in [-0.39, 0.29) is 17.2 Å². The molecule has 0 heterocycles. The van der Waals surface area contributed by atoms with E-state index in [0.717, 1.165) is 0 Å². The molecular weight excluding hydrogens is 262 g/mol. The molecule has 0 aliphatic carbocycles. The van der Waals surface area contributed by atoms with Gasteiger partial charge in [-0.25, -0.2) is 0 Å². The van der Waals surface area contributed by atoms with Crippen LogP contribution in [0.2, 0.25) is 0 Å². The normalized spacial score (nSPS) is 9.90. The van der Waals surface area contributed by atoms with Gasteiger partial charge in [0.25, 0.3) is 0 Å². The van der Waals surface area contributed by atoms with Crippen LogP contribution in [0.15, 0.2) is 42.5 Å². The molecule has 0 spiro atoms. The number of rotatable bonds is 5. The first-order valence-electron chi connectivity index (χ1n) is 5.79. The van der Waals surface area contributed by atoms with Crippen molar-refractivity contribution in [3.63, 3.8) is 0 Å². The quantitative estimate of drug-likeness (QED) is 0.617. The third-order valence-electron chi connectivity index (χ3n) is 2.63. The monoisotopic (exact) mass is 275 g/mol. The highest BCUT2D eigenvalue weighted by Crippen LogP contribution is 2.40. The van der Waals surface area contributed by atoms with E-state index in [0.29, 0.717) is 11.5 Å². The summed E-state index contributed by atoms with van der Waals surface area (Å²) in [6.45, 7) is 0. The summed E-state index contributed by atoms with van der Waals surface area (Å²) in [4.78, 5) is 10.6. The molecule has 20 heavy (non-hydrogen) atoms. The van der Waals surface area contributed by atoms with Crippen LogP contribution in [0.1, 0.15) is 0 Å². The Morgan fingerprint density at radius 2 is 1.55 bits per heavy atom. The van der Waals surface area contributed by atoms with Gasteiger partial charge in [-0.2, -0.15) is 0 Å². The van der Waals surface area contributed by atoms with Gasteiger partial charge in [0.1, 0.15) is 5.75 Å². The lowest BCUT2D eigenvalue weighted by atomic mass is 10.2. The van der Waals surface area contributed by atoms with Crippen LogP contribution >= 0.6 is 0 Å². The largest absolute Gasteiger partial charge is 0.493 e. The minimum atomic E-state index is -0.528. The summed E-state index contributed by atoms with van der Waals surface area (Å²) < 4.78 is 15.7. The van der Waals surface area contributed by atoms with E-state index in [4.69, 9.17) is 14.2 Å². The Bertz CT molecular complexity index is 612. The molecule has 104 valence electrons. The standard InChI is InChI=1S/C14H13NO5/c1-18-13-8-11(15(16)17)12(9-14(13)19-2)20-10-6-4-3-5-7-10/h3-9H,1-2H3. The number of hydrogen-bond acceptors (Lipinski definition) is 5. The van der Waals surface area contributed by atoms with Crippen LogP contribution in [-0.4, -0.2) is 19.1 Å². The predicted molar refractivity (Wildman–Crippen MR) is 72.7 cm³/mol. The summed E-state index contributed by atoms with van der Waals surface area (Å²) in [6, 6.07) is 11.5. The fraction of sp³-hybridized carbons (Fsp3) is 0.143. The van der Waals surface area contributed by atoms with Gasteiger partial charge < -0.3 is 14.2 Å². The number of hydrogen-bond donors (Lipinski definition) is 0. The first kappa shape index (κ1) is 13.7. The molecule has 0 bridgehead atoms. The van der Waals surface area contributed by atoms with Crippen LogP contribution in [-0.2, 0) is 0 Å². The Kier molecular flexibility index (Phi) is 4.05. The van der Waals surface area contributed by atoms with Crippen molar-refractivity contribution in [1.82, 2.24) is 0 Å². The van der Waals surface area contributed by atoms with Crippen LogP contribution in [0.5, 0.6) is 23.0 Å². The van der Waals surface area contributed by atoms with E-state index in [9.17, 15) is 10.1 Å². The third-order valence-corrected chi connectivity index (χ3v) is 2.63. The molecule has 6 nitrogen and oxygen atoms in total. The van der Waals surface area contributed by atoms with Crippen molar-refractivity contribution in [2.45, 2.75) is 0 Å². The summed E-state index contributed by atoms with van der Waals surface area (Å²) in [5.74, 6) is 1.24. The van der Waals surface area contributed by atoms with Crippen molar-refractivity contribution < 1.29 is 19.1 Å². The zero-order valence-electron chi connectivity index (χ0n) is 11.0. The van der Waals surface area contributed by atoms with Crippen molar-refractivity contribution in [3.05, 3.63) is 52.6 Å². The van der Waals surface area contributed by atoms with Crippen molar-refractivity contribution in [2.24, 2.45) is 0 Å². The minimum Gasteiger partial charge on any atom is -0.493 e. The van der Waals surface area contributed by atoms with Gasteiger partial charge >= 0.3 is 5.69 Å². The van der Waals surface area contributed by atoms with E-state index < -0.39 is 4.92 Å². The molecule has 0 aliphatic rings. The molecule has 0 N–H and O–H groups in total. The molecule has 0 aromatic heterocycles. The second-order valence-corrected chi connectivity index (χ2v) is 3.85. The maximum Gasteiger partial charge on any atom is 0.315 e. The number of methoxy groups -OCH3 is 2. The topological polar surface area (TPSA) is 70.8 Å². The SMILES string of the molecule is COc1cc(Oc2ccccc2)c([N+](=O)[O-])cc1OC. The maximum atomic E-state index is 11.1. The van der Waals surface area contributed by atoms with E-state index in [1.165, 1.54) is 26.4 Å². The van der Waals surface area contributed by atoms with Gasteiger partial charge in [-0.1, -0.05) is 18.2 Å². The smallest absolute Gasteiger partial charge is 0.315 e. The molecule has 0 radical (unpaired) electrons. The van der Waals surface area contributed by atoms with E-state index >= 15 is 0 Å². The minimum absolute atomic E-state index is 0.0962. The van der Waals surface area contributed by atoms with Gasteiger partial charge in [-0.15, -0.1) is 0 Å². The van der Waals surface area contributed by atoms with E-state index in [1.54, 1.807) is 24.3 Å². The molecular formula is C14H13NO5. The number of nitrogens with zero attached hydrogens (tertiary/aromatic N) is 1. The molecule has 2 rings (SSSR count). The molecule has 0 saturated carbocycles. The Balaban J connectivity index is 2.47. The van der Waals surface area contributed by atoms with Gasteiger partial charge in [-0.05, 0) is 12.1 Å². The van der Waals surface area contributed by atoms with Gasteiger partial charge in [0.15, 0.2) is 11.5 Å². The first-order chi connectivity index (χ1) is 9.65. The Morgan fingerprint density at radius 3 is 2.10 bits per heavy atom. The molecule has 0 unspecified atom stereocenters. The van der Waals surface area contributed by atoms with Crippen molar-refractivity contribution in [1.29, 1.82) is 0 Å². The van der Waals surface area contributed by atoms with E-state index in [2.05, 4.69) is 0 Å². The molecule has 0 fully saturated rings. The van der Waals surface area contributed by atoms with Crippen LogP contribution in [0.3, 0.4) is 0 Å². The Labute approximate surface area is 115 Å². The van der Waals surface area contributed by atoms with Gasteiger partial charge in [0, 0.05) is 6.07 Å². The maximum absolute atomic E-state index is 11.1. The molecule has 2 aromatic rings. The molecule has 6 heteroatoms. The average Bonchev–Trinajstić information content (AvgIpc) is 2.47. The van der Waals surface area contributed by atoms with Crippen molar-refractivity contribution in [3.8, 4) is 23.0 Å². The summed E-state index contributed by atoms with van der Waals surface area (Å²) in [5.41, 5.74) is -0.188. The fourth-order valence-corrected chi connectivity index (χ4v) is 1.69. The zero-order chi connectivity index (χ0) is 14.5. The zero-order valence-corrected chi connectivity index (χ0v) is 11.0. The number of benzene rings is 2. The van der Waals surface area contributed by atoms with Gasteiger partial charge in [0.2, 0.25) is 5.75 Å². The Morgan fingerprint density at radius 1 is 0.950 bits per heavy atom. The summed E-state index contributed by atoms with van der Waals surface area (Å²) in [5, 5.41) is 11.1. The van der Waals surface area contributed by atoms with E-state index in [1.807, 2.05) is 6.07 Å². The van der Waals surface area contributed by atoms with Gasteiger partial charge in [-0.3, -0.25) is 10.1 Å². The lowest BCUT2D eigenvalue weighted by Crippen LogP contribution is -1.97. The van der Waals surface area contributed by atoms with Crippen LogP contribution in [0.4, 0.5) is 5.69 Å². The summed E-state index contributed by atoms with van der Waals surface area (Å²) in [7, 11) is 2.87. The molecule has 0 saturated heterocycles. The molecule has 0 aliphatic heterocycles. The number of para-hydroxylation sites is 1. The molecule has 0 atom stereocenters. The Hall–Kier alpha value is -2.76. The second kappa shape index (κ2) is 5.92. The number of nitro groups is 1. The highest BCUT2D eigenvalue weighted by molar-refractivity contribution is 5.59. The number of nitro benzene ring substituents is 1. The molecule has 2 aromatic carbocycles. The second-order valence-electron chi connectivity index (χ2n) is 3.85. The third kappa shape index (κ3) is 2.80. The lowest BCUT2D eigenvalue weighted by Gasteiger charge is -2.11. The number of ether oxygens (including phenoxy) is 3. The fourth-order valence-electron chi connectivity index (χ4n) is 1.69. The van der Waals surface area contributed by atoms with Crippen LogP contribution in [0, 0.1) is 10.1 Å². The highest BCUT2D eigenvalue weighted by atomic mass is 16.6. The average molecular weight is 275 g/mol. The van der Waals surface area contributed by atoms with Crippen LogP contribution < -0.4 is 14.2 Å². The van der Waals surface area contributed by atoms with Crippen molar-refractivity contribution in [2.75, 3.05) is 14.2 Å². The molecule has 0 amide bonds. The van der Waals surface area contributed by atoms with Crippen molar-refractivity contribution >= 4 is 5.69 Å². The first-order valence-corrected chi connectivity index (χ1v) is 5.79. The lowest BCUT2D eigenvalue weighted by molar-refractivity contribution is -0.385. The summed E-state index contributed by atoms with van der Waals surface area (Å²) in [6.07, 6.45) is 0. The summed E-state index contributed by atoms with van der Waals surface area (Å²) >= 11 is 0. The highest BCUT2D eigenvalue weighted by Gasteiger charge is 2.21. The van der Waals surface area contributed by atoms with Gasteiger partial charge in [0.05, 0.1) is 25.2 Å².